The van der Waals surface area contributed by atoms with Crippen molar-refractivity contribution in [1.29, 1.82) is 0 Å². The molecule has 0 radical (unpaired) electrons. The second-order valence-electron chi connectivity index (χ2n) is 4.20. The Morgan fingerprint density at radius 1 is 1.38 bits per heavy atom. The van der Waals surface area contributed by atoms with Gasteiger partial charge in [0.25, 0.3) is 0 Å². The highest BCUT2D eigenvalue weighted by Gasteiger charge is 2.31. The minimum atomic E-state index is -4.81. The third-order valence-corrected chi connectivity index (χ3v) is 2.61. The number of rotatable bonds is 7. The van der Waals surface area contributed by atoms with E-state index in [1.165, 1.54) is 12.1 Å². The van der Waals surface area contributed by atoms with Crippen LogP contribution in [0.2, 0.25) is 0 Å². The molecule has 1 amide bonds. The number of carbonyl (C=O) groups excluding carboxylic acids is 1. The van der Waals surface area contributed by atoms with E-state index in [1.807, 2.05) is 0 Å². The van der Waals surface area contributed by atoms with E-state index in [1.54, 1.807) is 6.92 Å². The number of halogens is 3. The standard InChI is InChI=1S/C13H14F3NO4/c1-2-7-17(8-18)11(12(19)20)9-3-5-10(6-4-9)21-13(14,15)16/h3-6,8,11H,2,7H2,1H3,(H,19,20). The predicted octanol–water partition coefficient (Wildman–Crippen LogP) is 2.58. The number of ether oxygens (including phenoxy) is 1. The van der Waals surface area contributed by atoms with Crippen molar-refractivity contribution in [2.45, 2.75) is 25.7 Å². The van der Waals surface area contributed by atoms with Gasteiger partial charge in [0.05, 0.1) is 0 Å². The number of benzene rings is 1. The van der Waals surface area contributed by atoms with Gasteiger partial charge < -0.3 is 14.7 Å². The molecule has 0 aliphatic rings. The van der Waals surface area contributed by atoms with Gasteiger partial charge in [-0.1, -0.05) is 19.1 Å². The summed E-state index contributed by atoms with van der Waals surface area (Å²) in [5.41, 5.74) is 0.192. The van der Waals surface area contributed by atoms with Crippen molar-refractivity contribution in [1.82, 2.24) is 4.90 Å². The highest BCUT2D eigenvalue weighted by molar-refractivity contribution is 5.78. The Labute approximate surface area is 118 Å². The van der Waals surface area contributed by atoms with Gasteiger partial charge in [-0.25, -0.2) is 4.79 Å². The molecule has 0 aromatic heterocycles. The Hall–Kier alpha value is -2.25. The van der Waals surface area contributed by atoms with Crippen LogP contribution in [0.5, 0.6) is 5.75 Å². The van der Waals surface area contributed by atoms with Gasteiger partial charge in [-0.3, -0.25) is 4.79 Å². The fourth-order valence-electron chi connectivity index (χ4n) is 1.83. The second kappa shape index (κ2) is 6.96. The molecule has 1 aromatic rings. The molecular formula is C13H14F3NO4. The minimum Gasteiger partial charge on any atom is -0.479 e. The summed E-state index contributed by atoms with van der Waals surface area (Å²) in [5, 5.41) is 9.20. The summed E-state index contributed by atoms with van der Waals surface area (Å²) < 4.78 is 39.8. The maximum Gasteiger partial charge on any atom is 0.573 e. The number of hydrogen-bond donors (Lipinski definition) is 1. The van der Waals surface area contributed by atoms with Crippen LogP contribution in [0, 0.1) is 0 Å². The summed E-state index contributed by atoms with van der Waals surface area (Å²) in [6.07, 6.45) is -3.86. The summed E-state index contributed by atoms with van der Waals surface area (Å²) in [6.45, 7) is 2.00. The molecule has 8 heteroatoms. The molecule has 5 nitrogen and oxygen atoms in total. The number of amides is 1. The highest BCUT2D eigenvalue weighted by Crippen LogP contribution is 2.26. The topological polar surface area (TPSA) is 66.8 Å². The van der Waals surface area contributed by atoms with Crippen molar-refractivity contribution in [2.24, 2.45) is 0 Å². The Bertz CT molecular complexity index is 487. The van der Waals surface area contributed by atoms with Crippen molar-refractivity contribution < 1.29 is 32.6 Å². The van der Waals surface area contributed by atoms with Crippen LogP contribution < -0.4 is 4.74 Å². The van der Waals surface area contributed by atoms with E-state index < -0.39 is 24.1 Å². The van der Waals surface area contributed by atoms with Gasteiger partial charge in [0.2, 0.25) is 6.41 Å². The molecule has 1 unspecified atom stereocenters. The summed E-state index contributed by atoms with van der Waals surface area (Å²) in [6, 6.07) is 3.14. The second-order valence-corrected chi connectivity index (χ2v) is 4.20. The molecule has 1 rings (SSSR count). The van der Waals surface area contributed by atoms with Crippen LogP contribution in [0.15, 0.2) is 24.3 Å². The lowest BCUT2D eigenvalue weighted by Gasteiger charge is -2.25. The summed E-state index contributed by atoms with van der Waals surface area (Å²) >= 11 is 0. The molecule has 1 N–H and O–H groups in total. The van der Waals surface area contributed by atoms with E-state index in [2.05, 4.69) is 4.74 Å². The molecule has 0 fully saturated rings. The van der Waals surface area contributed by atoms with E-state index in [4.69, 9.17) is 0 Å². The van der Waals surface area contributed by atoms with Gasteiger partial charge in [0.1, 0.15) is 5.75 Å². The zero-order valence-corrected chi connectivity index (χ0v) is 11.1. The normalized spacial score (nSPS) is 12.6. The quantitative estimate of drug-likeness (QED) is 0.786. The lowest BCUT2D eigenvalue weighted by Crippen LogP contribution is -2.33. The van der Waals surface area contributed by atoms with Crippen molar-refractivity contribution >= 4 is 12.4 Å². The van der Waals surface area contributed by atoms with Gasteiger partial charge in [-0.2, -0.15) is 0 Å². The van der Waals surface area contributed by atoms with E-state index >= 15 is 0 Å². The van der Waals surface area contributed by atoms with Crippen molar-refractivity contribution in [3.8, 4) is 5.75 Å². The van der Waals surface area contributed by atoms with E-state index in [9.17, 15) is 27.9 Å². The lowest BCUT2D eigenvalue weighted by atomic mass is 10.1. The van der Waals surface area contributed by atoms with Crippen LogP contribution >= 0.6 is 0 Å². The SMILES string of the molecule is CCCN(C=O)C(C(=O)O)c1ccc(OC(F)(F)F)cc1. The summed E-state index contributed by atoms with van der Waals surface area (Å²) in [7, 11) is 0. The van der Waals surface area contributed by atoms with Gasteiger partial charge in [0.15, 0.2) is 6.04 Å². The number of carboxylic acids is 1. The van der Waals surface area contributed by atoms with Crippen LogP contribution in [-0.2, 0) is 9.59 Å². The monoisotopic (exact) mass is 305 g/mol. The average molecular weight is 305 g/mol. The smallest absolute Gasteiger partial charge is 0.479 e. The third-order valence-electron chi connectivity index (χ3n) is 2.61. The number of aliphatic carboxylic acids is 1. The fraction of sp³-hybridized carbons (Fsp3) is 0.385. The first-order chi connectivity index (χ1) is 9.78. The Morgan fingerprint density at radius 3 is 2.33 bits per heavy atom. The first-order valence-corrected chi connectivity index (χ1v) is 6.08. The molecule has 21 heavy (non-hydrogen) atoms. The molecule has 116 valence electrons. The first kappa shape index (κ1) is 16.8. The number of carboxylic acid groups (broad SMARTS) is 1. The third kappa shape index (κ3) is 4.97. The van der Waals surface area contributed by atoms with Crippen molar-refractivity contribution in [3.63, 3.8) is 0 Å². The predicted molar refractivity (Wildman–Crippen MR) is 66.6 cm³/mol. The van der Waals surface area contributed by atoms with Gasteiger partial charge in [-0.15, -0.1) is 13.2 Å². The van der Waals surface area contributed by atoms with Gasteiger partial charge in [-0.05, 0) is 24.1 Å². The summed E-state index contributed by atoms with van der Waals surface area (Å²) in [4.78, 5) is 23.3. The highest BCUT2D eigenvalue weighted by atomic mass is 19.4. The molecule has 0 saturated carbocycles. The molecule has 1 atom stereocenters. The number of carbonyl (C=O) groups is 2. The van der Waals surface area contributed by atoms with Crippen LogP contribution in [0.25, 0.3) is 0 Å². The Balaban J connectivity index is 2.99. The number of alkyl halides is 3. The van der Waals surface area contributed by atoms with E-state index in [-0.39, 0.29) is 12.1 Å². The molecule has 0 saturated heterocycles. The van der Waals surface area contributed by atoms with E-state index in [0.29, 0.717) is 12.8 Å². The maximum absolute atomic E-state index is 12.0. The molecular weight excluding hydrogens is 291 g/mol. The molecule has 0 spiro atoms. The molecule has 0 bridgehead atoms. The van der Waals surface area contributed by atoms with Crippen LogP contribution in [0.4, 0.5) is 13.2 Å². The Morgan fingerprint density at radius 2 is 1.95 bits per heavy atom. The number of nitrogens with zero attached hydrogens (tertiary/aromatic N) is 1. The van der Waals surface area contributed by atoms with Crippen LogP contribution in [0.3, 0.4) is 0 Å². The fourth-order valence-corrected chi connectivity index (χ4v) is 1.83. The maximum atomic E-state index is 12.0. The van der Waals surface area contributed by atoms with E-state index in [0.717, 1.165) is 17.0 Å². The minimum absolute atomic E-state index is 0.192. The van der Waals surface area contributed by atoms with Crippen molar-refractivity contribution in [2.75, 3.05) is 6.54 Å². The van der Waals surface area contributed by atoms with Gasteiger partial charge in [0, 0.05) is 6.54 Å². The summed E-state index contributed by atoms with van der Waals surface area (Å²) in [5.74, 6) is -1.72. The molecule has 0 aliphatic carbocycles. The first-order valence-electron chi connectivity index (χ1n) is 6.08. The van der Waals surface area contributed by atoms with Crippen molar-refractivity contribution in [3.05, 3.63) is 29.8 Å². The molecule has 0 aliphatic heterocycles. The lowest BCUT2D eigenvalue weighted by molar-refractivity contribution is -0.274. The molecule has 0 heterocycles. The van der Waals surface area contributed by atoms with Crippen LogP contribution in [0.1, 0.15) is 24.9 Å². The van der Waals surface area contributed by atoms with Crippen LogP contribution in [-0.4, -0.2) is 35.3 Å². The average Bonchev–Trinajstić information content (AvgIpc) is 2.38. The van der Waals surface area contributed by atoms with Gasteiger partial charge >= 0.3 is 12.3 Å². The Kier molecular flexibility index (Phi) is 5.57. The zero-order valence-electron chi connectivity index (χ0n) is 11.1. The number of hydrogen-bond acceptors (Lipinski definition) is 3. The zero-order chi connectivity index (χ0) is 16.0. The molecule has 1 aromatic carbocycles. The largest absolute Gasteiger partial charge is 0.573 e.